The monoisotopic (exact) mass is 214 g/mol. The lowest BCUT2D eigenvalue weighted by atomic mass is 10.2. The third-order valence-electron chi connectivity index (χ3n) is 2.78. The summed E-state index contributed by atoms with van der Waals surface area (Å²) in [6.45, 7) is 4.42. The van der Waals surface area contributed by atoms with Gasteiger partial charge in [-0.2, -0.15) is 0 Å². The number of carboxylic acid groups (broad SMARTS) is 1. The van der Waals surface area contributed by atoms with Crippen molar-refractivity contribution in [2.75, 3.05) is 6.54 Å². The normalized spacial score (nSPS) is 22.5. The number of carboxylic acids is 1. The SMILES string of the molecule is CCC(C)NC(=O)N1CCCC1C(=O)O. The number of carbonyl (C=O) groups is 2. The average Bonchev–Trinajstić information content (AvgIpc) is 2.65. The maximum Gasteiger partial charge on any atom is 0.326 e. The Morgan fingerprint density at radius 2 is 2.27 bits per heavy atom. The van der Waals surface area contributed by atoms with Gasteiger partial charge in [0.15, 0.2) is 0 Å². The van der Waals surface area contributed by atoms with E-state index < -0.39 is 12.0 Å². The molecule has 5 nitrogen and oxygen atoms in total. The fourth-order valence-corrected chi connectivity index (χ4v) is 1.66. The van der Waals surface area contributed by atoms with Crippen LogP contribution >= 0.6 is 0 Å². The standard InChI is InChI=1S/C10H18N2O3/c1-3-7(2)11-10(15)12-6-4-5-8(12)9(13)14/h7-8H,3-6H2,1-2H3,(H,11,15)(H,13,14). The summed E-state index contributed by atoms with van der Waals surface area (Å²) in [4.78, 5) is 23.9. The summed E-state index contributed by atoms with van der Waals surface area (Å²) < 4.78 is 0. The lowest BCUT2D eigenvalue weighted by molar-refractivity contribution is -0.141. The molecule has 1 saturated heterocycles. The first-order valence-corrected chi connectivity index (χ1v) is 5.36. The van der Waals surface area contributed by atoms with Crippen LogP contribution in [0.3, 0.4) is 0 Å². The van der Waals surface area contributed by atoms with Crippen LogP contribution in [0.5, 0.6) is 0 Å². The molecule has 2 unspecified atom stereocenters. The number of carbonyl (C=O) groups excluding carboxylic acids is 1. The molecule has 5 heteroatoms. The number of nitrogens with zero attached hydrogens (tertiary/aromatic N) is 1. The van der Waals surface area contributed by atoms with Crippen LogP contribution in [-0.2, 0) is 4.79 Å². The minimum absolute atomic E-state index is 0.0903. The molecule has 0 radical (unpaired) electrons. The van der Waals surface area contributed by atoms with Crippen molar-refractivity contribution >= 4 is 12.0 Å². The summed E-state index contributed by atoms with van der Waals surface area (Å²) in [5.74, 6) is -0.910. The molecule has 1 heterocycles. The third-order valence-corrected chi connectivity index (χ3v) is 2.78. The molecule has 0 saturated carbocycles. The van der Waals surface area contributed by atoms with Gasteiger partial charge < -0.3 is 15.3 Å². The van der Waals surface area contributed by atoms with E-state index in [1.54, 1.807) is 0 Å². The van der Waals surface area contributed by atoms with Gasteiger partial charge in [-0.25, -0.2) is 9.59 Å². The fourth-order valence-electron chi connectivity index (χ4n) is 1.66. The molecule has 2 atom stereocenters. The maximum atomic E-state index is 11.7. The first kappa shape index (κ1) is 11.8. The van der Waals surface area contributed by atoms with Gasteiger partial charge in [0.05, 0.1) is 0 Å². The van der Waals surface area contributed by atoms with Gasteiger partial charge in [0.2, 0.25) is 0 Å². The smallest absolute Gasteiger partial charge is 0.326 e. The average molecular weight is 214 g/mol. The number of nitrogens with one attached hydrogen (secondary N) is 1. The van der Waals surface area contributed by atoms with Gasteiger partial charge in [0, 0.05) is 12.6 Å². The van der Waals surface area contributed by atoms with Gasteiger partial charge in [-0.3, -0.25) is 0 Å². The highest BCUT2D eigenvalue weighted by Gasteiger charge is 2.34. The largest absolute Gasteiger partial charge is 0.480 e. The highest BCUT2D eigenvalue weighted by atomic mass is 16.4. The Bertz CT molecular complexity index is 255. The predicted molar refractivity (Wildman–Crippen MR) is 55.6 cm³/mol. The van der Waals surface area contributed by atoms with E-state index in [0.717, 1.165) is 12.8 Å². The number of aliphatic carboxylic acids is 1. The summed E-state index contributed by atoms with van der Waals surface area (Å²) in [7, 11) is 0. The van der Waals surface area contributed by atoms with E-state index in [2.05, 4.69) is 5.32 Å². The Labute approximate surface area is 89.4 Å². The Kier molecular flexibility index (Phi) is 3.94. The number of hydrogen-bond donors (Lipinski definition) is 2. The molecule has 1 aliphatic rings. The van der Waals surface area contributed by atoms with Crippen LogP contribution in [0.25, 0.3) is 0 Å². The quantitative estimate of drug-likeness (QED) is 0.737. The number of amides is 2. The first-order valence-electron chi connectivity index (χ1n) is 5.36. The van der Waals surface area contributed by atoms with Crippen molar-refractivity contribution in [2.45, 2.75) is 45.2 Å². The zero-order chi connectivity index (χ0) is 11.4. The third kappa shape index (κ3) is 2.84. The summed E-state index contributed by atoms with van der Waals surface area (Å²) in [6, 6.07) is -0.809. The topological polar surface area (TPSA) is 69.6 Å². The van der Waals surface area contributed by atoms with E-state index in [9.17, 15) is 9.59 Å². The summed E-state index contributed by atoms with van der Waals surface area (Å²) in [5, 5.41) is 11.7. The molecule has 0 spiro atoms. The van der Waals surface area contributed by atoms with E-state index in [1.807, 2.05) is 13.8 Å². The molecule has 86 valence electrons. The lowest BCUT2D eigenvalue weighted by Crippen LogP contribution is -2.48. The molecular weight excluding hydrogens is 196 g/mol. The molecule has 0 aromatic rings. The first-order chi connectivity index (χ1) is 7.06. The van der Waals surface area contributed by atoms with Crippen LogP contribution in [-0.4, -0.2) is 40.6 Å². The summed E-state index contributed by atoms with van der Waals surface area (Å²) in [6.07, 6.45) is 2.17. The van der Waals surface area contributed by atoms with E-state index in [1.165, 1.54) is 4.90 Å². The second-order valence-electron chi connectivity index (χ2n) is 3.95. The number of urea groups is 1. The maximum absolute atomic E-state index is 11.7. The van der Waals surface area contributed by atoms with Crippen molar-refractivity contribution in [3.8, 4) is 0 Å². The molecule has 1 rings (SSSR count). The Hall–Kier alpha value is -1.26. The van der Waals surface area contributed by atoms with Gasteiger partial charge in [-0.15, -0.1) is 0 Å². The second-order valence-corrected chi connectivity index (χ2v) is 3.95. The van der Waals surface area contributed by atoms with Crippen molar-refractivity contribution in [1.82, 2.24) is 10.2 Å². The van der Waals surface area contributed by atoms with Crippen molar-refractivity contribution in [1.29, 1.82) is 0 Å². The van der Waals surface area contributed by atoms with E-state index in [4.69, 9.17) is 5.11 Å². The van der Waals surface area contributed by atoms with E-state index >= 15 is 0 Å². The van der Waals surface area contributed by atoms with Crippen molar-refractivity contribution in [2.24, 2.45) is 0 Å². The molecule has 0 aliphatic carbocycles. The van der Waals surface area contributed by atoms with Gasteiger partial charge in [0.1, 0.15) is 6.04 Å². The zero-order valence-electron chi connectivity index (χ0n) is 9.19. The molecule has 1 fully saturated rings. The van der Waals surface area contributed by atoms with E-state index in [0.29, 0.717) is 13.0 Å². The van der Waals surface area contributed by atoms with Crippen molar-refractivity contribution in [3.05, 3.63) is 0 Å². The Balaban J connectivity index is 2.55. The van der Waals surface area contributed by atoms with E-state index in [-0.39, 0.29) is 12.1 Å². The van der Waals surface area contributed by atoms with Crippen LogP contribution in [0.15, 0.2) is 0 Å². The lowest BCUT2D eigenvalue weighted by Gasteiger charge is -2.23. The van der Waals surface area contributed by atoms with Crippen LogP contribution in [0, 0.1) is 0 Å². The van der Waals surface area contributed by atoms with Crippen molar-refractivity contribution in [3.63, 3.8) is 0 Å². The molecule has 0 aromatic carbocycles. The number of hydrogen-bond acceptors (Lipinski definition) is 2. The van der Waals surface area contributed by atoms with Crippen LogP contribution < -0.4 is 5.32 Å². The van der Waals surface area contributed by atoms with Gasteiger partial charge >= 0.3 is 12.0 Å². The van der Waals surface area contributed by atoms with Crippen LogP contribution in [0.1, 0.15) is 33.1 Å². The molecule has 1 aliphatic heterocycles. The highest BCUT2D eigenvalue weighted by Crippen LogP contribution is 2.17. The summed E-state index contributed by atoms with van der Waals surface area (Å²) >= 11 is 0. The zero-order valence-corrected chi connectivity index (χ0v) is 9.19. The Morgan fingerprint density at radius 3 is 2.80 bits per heavy atom. The predicted octanol–water partition coefficient (Wildman–Crippen LogP) is 1.04. The van der Waals surface area contributed by atoms with Crippen molar-refractivity contribution < 1.29 is 14.7 Å². The minimum atomic E-state index is -0.910. The minimum Gasteiger partial charge on any atom is -0.480 e. The molecule has 15 heavy (non-hydrogen) atoms. The van der Waals surface area contributed by atoms with Crippen LogP contribution in [0.4, 0.5) is 4.79 Å². The molecule has 0 bridgehead atoms. The highest BCUT2D eigenvalue weighted by molar-refractivity contribution is 5.83. The fraction of sp³-hybridized carbons (Fsp3) is 0.800. The number of rotatable bonds is 3. The van der Waals surface area contributed by atoms with Gasteiger partial charge in [-0.05, 0) is 26.2 Å². The molecular formula is C10H18N2O3. The molecule has 2 N–H and O–H groups in total. The molecule has 0 aromatic heterocycles. The Morgan fingerprint density at radius 1 is 1.60 bits per heavy atom. The van der Waals surface area contributed by atoms with Crippen LogP contribution in [0.2, 0.25) is 0 Å². The van der Waals surface area contributed by atoms with Gasteiger partial charge in [-0.1, -0.05) is 6.92 Å². The van der Waals surface area contributed by atoms with Gasteiger partial charge in [0.25, 0.3) is 0 Å². The molecule has 2 amide bonds. The summed E-state index contributed by atoms with van der Waals surface area (Å²) in [5.41, 5.74) is 0. The second kappa shape index (κ2) is 5.00. The number of likely N-dealkylation sites (tertiary alicyclic amines) is 1.